The zero-order valence-electron chi connectivity index (χ0n) is 11.5. The quantitative estimate of drug-likeness (QED) is 0.471. The first-order valence-electron chi connectivity index (χ1n) is 5.92. The number of hydrogen-bond donors (Lipinski definition) is 0. The average molecular weight is 366 g/mol. The lowest BCUT2D eigenvalue weighted by atomic mass is 10.1. The maximum Gasteiger partial charge on any atom is 0.534 e. The maximum absolute atomic E-state index is 12.2. The number of rotatable bonds is 4. The van der Waals surface area contributed by atoms with Gasteiger partial charge in [0.05, 0.1) is 7.11 Å². The third-order valence-electron chi connectivity index (χ3n) is 2.66. The Balaban J connectivity index is 2.20. The number of esters is 1. The third kappa shape index (κ3) is 3.82. The second-order valence-corrected chi connectivity index (χ2v) is 6.65. The lowest BCUT2D eigenvalue weighted by molar-refractivity contribution is -0.0500. The highest BCUT2D eigenvalue weighted by molar-refractivity contribution is 7.88. The van der Waals surface area contributed by atoms with E-state index in [9.17, 15) is 26.4 Å². The molecule has 0 atom stereocenters. The van der Waals surface area contributed by atoms with E-state index in [1.165, 1.54) is 19.2 Å². The fourth-order valence-corrected chi connectivity index (χ4v) is 2.86. The van der Waals surface area contributed by atoms with E-state index < -0.39 is 27.3 Å². The van der Waals surface area contributed by atoms with Crippen LogP contribution >= 0.6 is 11.3 Å². The number of ether oxygens (including phenoxy) is 1. The Morgan fingerprint density at radius 2 is 1.74 bits per heavy atom. The number of halogens is 3. The Morgan fingerprint density at radius 3 is 2.26 bits per heavy atom. The van der Waals surface area contributed by atoms with Gasteiger partial charge in [-0.05, 0) is 34.7 Å². The van der Waals surface area contributed by atoms with Gasteiger partial charge in [-0.25, -0.2) is 4.79 Å². The van der Waals surface area contributed by atoms with Crippen LogP contribution < -0.4 is 4.18 Å². The van der Waals surface area contributed by atoms with E-state index in [0.29, 0.717) is 16.0 Å². The first-order valence-corrected chi connectivity index (χ1v) is 8.21. The summed E-state index contributed by atoms with van der Waals surface area (Å²) in [5.41, 5.74) is -4.28. The van der Waals surface area contributed by atoms with Gasteiger partial charge in [-0.3, -0.25) is 0 Å². The summed E-state index contributed by atoms with van der Waals surface area (Å²) in [5, 5.41) is 1.66. The Labute approximate surface area is 133 Å². The second kappa shape index (κ2) is 6.20. The molecule has 23 heavy (non-hydrogen) atoms. The van der Waals surface area contributed by atoms with Gasteiger partial charge in [0, 0.05) is 0 Å². The van der Waals surface area contributed by atoms with Crippen LogP contribution in [0.1, 0.15) is 9.67 Å². The third-order valence-corrected chi connectivity index (χ3v) is 4.55. The zero-order chi connectivity index (χ0) is 17.3. The Kier molecular flexibility index (Phi) is 4.66. The number of carbonyl (C=O) groups excluding carboxylic acids is 1. The van der Waals surface area contributed by atoms with E-state index in [0.717, 1.165) is 23.5 Å². The van der Waals surface area contributed by atoms with Gasteiger partial charge in [0.1, 0.15) is 10.6 Å². The summed E-state index contributed by atoms with van der Waals surface area (Å²) in [7, 11) is -4.45. The van der Waals surface area contributed by atoms with E-state index in [-0.39, 0.29) is 0 Å². The van der Waals surface area contributed by atoms with Crippen LogP contribution in [0.25, 0.3) is 11.1 Å². The number of carbonyl (C=O) groups is 1. The van der Waals surface area contributed by atoms with Crippen molar-refractivity contribution in [2.75, 3.05) is 7.11 Å². The first-order chi connectivity index (χ1) is 10.6. The summed E-state index contributed by atoms with van der Waals surface area (Å²) in [6.07, 6.45) is 0. The fraction of sp³-hybridized carbons (Fsp3) is 0.154. The van der Waals surface area contributed by atoms with Crippen molar-refractivity contribution in [3.05, 3.63) is 40.6 Å². The minimum Gasteiger partial charge on any atom is -0.465 e. The summed E-state index contributed by atoms with van der Waals surface area (Å²) in [4.78, 5) is 11.7. The van der Waals surface area contributed by atoms with Crippen molar-refractivity contribution in [3.63, 3.8) is 0 Å². The average Bonchev–Trinajstić information content (AvgIpc) is 2.95. The first kappa shape index (κ1) is 17.3. The minimum absolute atomic E-state index is 0.363. The summed E-state index contributed by atoms with van der Waals surface area (Å²) in [6, 6.07) is 6.50. The van der Waals surface area contributed by atoms with Crippen molar-refractivity contribution in [1.82, 2.24) is 0 Å². The van der Waals surface area contributed by atoms with Crippen molar-refractivity contribution in [2.45, 2.75) is 5.51 Å². The summed E-state index contributed by atoms with van der Waals surface area (Å²) in [5.74, 6) is -0.966. The van der Waals surface area contributed by atoms with Crippen molar-refractivity contribution in [3.8, 4) is 16.9 Å². The molecule has 10 heteroatoms. The number of hydrogen-bond acceptors (Lipinski definition) is 6. The van der Waals surface area contributed by atoms with Crippen LogP contribution in [0, 0.1) is 0 Å². The zero-order valence-corrected chi connectivity index (χ0v) is 13.1. The van der Waals surface area contributed by atoms with E-state index >= 15 is 0 Å². The van der Waals surface area contributed by atoms with Crippen molar-refractivity contribution >= 4 is 27.4 Å². The predicted molar refractivity (Wildman–Crippen MR) is 76.7 cm³/mol. The lowest BCUT2D eigenvalue weighted by Crippen LogP contribution is -2.27. The Morgan fingerprint density at radius 1 is 1.13 bits per heavy atom. The van der Waals surface area contributed by atoms with Crippen LogP contribution in [0.2, 0.25) is 0 Å². The van der Waals surface area contributed by atoms with E-state index in [1.54, 1.807) is 11.4 Å². The predicted octanol–water partition coefficient (Wildman–Crippen LogP) is 3.43. The monoisotopic (exact) mass is 366 g/mol. The van der Waals surface area contributed by atoms with Crippen LogP contribution in [0.4, 0.5) is 13.2 Å². The van der Waals surface area contributed by atoms with Gasteiger partial charge in [-0.2, -0.15) is 21.6 Å². The summed E-state index contributed by atoms with van der Waals surface area (Å²) >= 11 is 1.14. The smallest absolute Gasteiger partial charge is 0.465 e. The Hall–Kier alpha value is -2.07. The molecule has 0 unspecified atom stereocenters. The van der Waals surface area contributed by atoms with E-state index in [4.69, 9.17) is 0 Å². The van der Waals surface area contributed by atoms with Gasteiger partial charge in [-0.15, -0.1) is 11.3 Å². The van der Waals surface area contributed by atoms with Crippen LogP contribution in [0.15, 0.2) is 35.7 Å². The van der Waals surface area contributed by atoms with Gasteiger partial charge < -0.3 is 8.92 Å². The molecule has 0 aliphatic carbocycles. The van der Waals surface area contributed by atoms with Gasteiger partial charge in [-0.1, -0.05) is 12.1 Å². The lowest BCUT2D eigenvalue weighted by Gasteiger charge is -2.09. The van der Waals surface area contributed by atoms with Gasteiger partial charge in [0.15, 0.2) is 0 Å². The molecule has 0 N–H and O–H groups in total. The molecule has 2 aromatic rings. The standard InChI is InChI=1S/C13H9F3O5S2/c1-20-12(17)11-6-9(7-22-11)8-2-4-10(5-3-8)21-23(18,19)13(14,15)16/h2-7H,1H3. The highest BCUT2D eigenvalue weighted by Gasteiger charge is 2.48. The minimum atomic E-state index is -5.70. The number of methoxy groups -OCH3 is 1. The number of thiophene rings is 1. The number of benzene rings is 1. The van der Waals surface area contributed by atoms with Gasteiger partial charge in [0.2, 0.25) is 0 Å². The highest BCUT2D eigenvalue weighted by atomic mass is 32.2. The summed E-state index contributed by atoms with van der Waals surface area (Å²) in [6.45, 7) is 0. The molecule has 1 heterocycles. The topological polar surface area (TPSA) is 69.7 Å². The fourth-order valence-electron chi connectivity index (χ4n) is 1.57. The summed E-state index contributed by atoms with van der Waals surface area (Å²) < 4.78 is 67.0. The molecule has 0 saturated heterocycles. The molecule has 5 nitrogen and oxygen atoms in total. The van der Waals surface area contributed by atoms with Crippen LogP contribution in [-0.2, 0) is 14.9 Å². The molecule has 0 spiro atoms. The van der Waals surface area contributed by atoms with Crippen molar-refractivity contribution < 1.29 is 35.3 Å². The molecular weight excluding hydrogens is 357 g/mol. The molecule has 0 amide bonds. The largest absolute Gasteiger partial charge is 0.534 e. The molecule has 0 saturated carbocycles. The molecule has 124 valence electrons. The molecule has 0 radical (unpaired) electrons. The molecule has 0 fully saturated rings. The molecular formula is C13H9F3O5S2. The molecule has 0 bridgehead atoms. The highest BCUT2D eigenvalue weighted by Crippen LogP contribution is 2.30. The molecule has 0 aliphatic rings. The maximum atomic E-state index is 12.2. The van der Waals surface area contributed by atoms with Crippen molar-refractivity contribution in [2.24, 2.45) is 0 Å². The van der Waals surface area contributed by atoms with Crippen LogP contribution in [-0.4, -0.2) is 27.0 Å². The van der Waals surface area contributed by atoms with Crippen LogP contribution in [0.3, 0.4) is 0 Å². The van der Waals surface area contributed by atoms with Gasteiger partial charge >= 0.3 is 21.6 Å². The second-order valence-electron chi connectivity index (χ2n) is 4.20. The van der Waals surface area contributed by atoms with Crippen LogP contribution in [0.5, 0.6) is 5.75 Å². The molecule has 1 aromatic heterocycles. The number of alkyl halides is 3. The van der Waals surface area contributed by atoms with Crippen molar-refractivity contribution in [1.29, 1.82) is 0 Å². The van der Waals surface area contributed by atoms with E-state index in [1.807, 2.05) is 0 Å². The molecule has 0 aliphatic heterocycles. The normalized spacial score (nSPS) is 12.0. The molecule has 1 aromatic carbocycles. The van der Waals surface area contributed by atoms with Gasteiger partial charge in [0.25, 0.3) is 0 Å². The Bertz CT molecular complexity index is 807. The SMILES string of the molecule is COC(=O)c1cc(-c2ccc(OS(=O)(=O)C(F)(F)F)cc2)cs1. The van der Waals surface area contributed by atoms with E-state index in [2.05, 4.69) is 8.92 Å². The molecule has 2 rings (SSSR count).